The Hall–Kier alpha value is -2.86. The van der Waals surface area contributed by atoms with E-state index in [1.54, 1.807) is 51.1 Å². The minimum atomic E-state index is -0.872. The summed E-state index contributed by atoms with van der Waals surface area (Å²) in [7, 11) is 0. The van der Waals surface area contributed by atoms with Gasteiger partial charge in [-0.1, -0.05) is 49.7 Å². The van der Waals surface area contributed by atoms with Gasteiger partial charge >= 0.3 is 5.97 Å². The third-order valence-corrected chi connectivity index (χ3v) is 4.89. The number of esters is 1. The number of rotatable bonds is 7. The Morgan fingerprint density at radius 2 is 1.72 bits per heavy atom. The first kappa shape index (κ1) is 22.4. The van der Waals surface area contributed by atoms with Crippen LogP contribution in [0.15, 0.2) is 42.5 Å². The fraction of sp³-hybridized carbons (Fsp3) is 0.318. The highest BCUT2D eigenvalue weighted by molar-refractivity contribution is 6.31. The van der Waals surface area contributed by atoms with E-state index < -0.39 is 24.5 Å². The molecular weight excluding hydrogens is 392 g/mol. The molecule has 0 aliphatic heterocycles. The van der Waals surface area contributed by atoms with Gasteiger partial charge in [-0.05, 0) is 49.1 Å². The van der Waals surface area contributed by atoms with Crippen LogP contribution in [0.2, 0.25) is 5.02 Å². The van der Waals surface area contributed by atoms with E-state index in [1.165, 1.54) is 0 Å². The molecule has 2 amide bonds. The second kappa shape index (κ2) is 10.1. The Balaban J connectivity index is 1.97. The van der Waals surface area contributed by atoms with Crippen molar-refractivity contribution in [1.29, 1.82) is 0 Å². The maximum atomic E-state index is 12.5. The predicted molar refractivity (Wildman–Crippen MR) is 113 cm³/mol. The molecule has 6 nitrogen and oxygen atoms in total. The van der Waals surface area contributed by atoms with Crippen LogP contribution in [0, 0.1) is 19.8 Å². The quantitative estimate of drug-likeness (QED) is 0.670. The summed E-state index contributed by atoms with van der Waals surface area (Å²) in [6, 6.07) is 11.4. The minimum absolute atomic E-state index is 0.214. The van der Waals surface area contributed by atoms with Gasteiger partial charge < -0.3 is 15.4 Å². The molecule has 0 saturated heterocycles. The van der Waals surface area contributed by atoms with E-state index in [4.69, 9.17) is 16.3 Å². The highest BCUT2D eigenvalue weighted by Gasteiger charge is 2.27. The molecule has 0 saturated carbocycles. The van der Waals surface area contributed by atoms with E-state index in [1.807, 2.05) is 19.1 Å². The van der Waals surface area contributed by atoms with Gasteiger partial charge in [0.1, 0.15) is 6.04 Å². The molecule has 0 radical (unpaired) electrons. The summed E-state index contributed by atoms with van der Waals surface area (Å²) in [5, 5.41) is 5.89. The van der Waals surface area contributed by atoms with Crippen molar-refractivity contribution in [3.63, 3.8) is 0 Å². The molecule has 154 valence electrons. The second-order valence-electron chi connectivity index (χ2n) is 7.08. The highest BCUT2D eigenvalue weighted by atomic mass is 35.5. The zero-order valence-corrected chi connectivity index (χ0v) is 17.7. The lowest BCUT2D eigenvalue weighted by Gasteiger charge is -2.21. The zero-order chi connectivity index (χ0) is 21.6. The van der Waals surface area contributed by atoms with Crippen LogP contribution in [0.3, 0.4) is 0 Å². The maximum absolute atomic E-state index is 12.5. The molecule has 7 heteroatoms. The van der Waals surface area contributed by atoms with Gasteiger partial charge in [-0.2, -0.15) is 0 Å². The third-order valence-electron chi connectivity index (χ3n) is 4.48. The standard InChI is InChI=1S/C22H25ClN2O4/c1-13(2)20(25-21(27)16-9-6-5-8-14(16)3)22(28)29-12-19(26)24-18-11-7-10-17(23)15(18)4/h5-11,13,20H,12H2,1-4H3,(H,24,26)(H,25,27)/t20-/m0/s1. The predicted octanol–water partition coefficient (Wildman–Crippen LogP) is 3.89. The molecule has 0 spiro atoms. The van der Waals surface area contributed by atoms with Gasteiger partial charge in [0.2, 0.25) is 0 Å². The lowest BCUT2D eigenvalue weighted by atomic mass is 10.0. The number of benzene rings is 2. The van der Waals surface area contributed by atoms with Gasteiger partial charge in [-0.25, -0.2) is 4.79 Å². The van der Waals surface area contributed by atoms with Crippen molar-refractivity contribution >= 4 is 35.1 Å². The van der Waals surface area contributed by atoms with E-state index in [9.17, 15) is 14.4 Å². The van der Waals surface area contributed by atoms with Crippen LogP contribution in [-0.4, -0.2) is 30.4 Å². The van der Waals surface area contributed by atoms with Gasteiger partial charge in [0.25, 0.3) is 11.8 Å². The normalized spacial score (nSPS) is 11.7. The topological polar surface area (TPSA) is 84.5 Å². The van der Waals surface area contributed by atoms with E-state index in [-0.39, 0.29) is 11.8 Å². The Kier molecular flexibility index (Phi) is 7.79. The number of carbonyl (C=O) groups is 3. The number of hydrogen-bond donors (Lipinski definition) is 2. The number of ether oxygens (including phenoxy) is 1. The number of amides is 2. The largest absolute Gasteiger partial charge is 0.454 e. The second-order valence-corrected chi connectivity index (χ2v) is 7.49. The van der Waals surface area contributed by atoms with Gasteiger partial charge in [0.05, 0.1) is 0 Å². The van der Waals surface area contributed by atoms with E-state index >= 15 is 0 Å². The lowest BCUT2D eigenvalue weighted by Crippen LogP contribution is -2.46. The summed E-state index contributed by atoms with van der Waals surface area (Å²) < 4.78 is 5.14. The average molecular weight is 417 g/mol. The number of anilines is 1. The molecule has 0 aromatic heterocycles. The van der Waals surface area contributed by atoms with Gasteiger partial charge in [0.15, 0.2) is 6.61 Å². The summed E-state index contributed by atoms with van der Waals surface area (Å²) in [6.45, 7) is 6.72. The maximum Gasteiger partial charge on any atom is 0.329 e. The summed E-state index contributed by atoms with van der Waals surface area (Å²) in [6.07, 6.45) is 0. The summed E-state index contributed by atoms with van der Waals surface area (Å²) >= 11 is 6.03. The smallest absolute Gasteiger partial charge is 0.329 e. The number of nitrogens with one attached hydrogen (secondary N) is 2. The molecule has 2 rings (SSSR count). The van der Waals surface area contributed by atoms with Crippen molar-refractivity contribution < 1.29 is 19.1 Å². The molecule has 1 atom stereocenters. The first-order valence-corrected chi connectivity index (χ1v) is 9.66. The van der Waals surface area contributed by atoms with E-state index in [2.05, 4.69) is 10.6 Å². The van der Waals surface area contributed by atoms with Gasteiger partial charge in [0, 0.05) is 16.3 Å². The molecule has 0 aliphatic rings. The van der Waals surface area contributed by atoms with Crippen LogP contribution in [0.1, 0.15) is 35.3 Å². The summed E-state index contributed by atoms with van der Waals surface area (Å²) in [4.78, 5) is 37.1. The fourth-order valence-electron chi connectivity index (χ4n) is 2.70. The molecule has 0 fully saturated rings. The van der Waals surface area contributed by atoms with Gasteiger partial charge in [-0.15, -0.1) is 0 Å². The summed E-state index contributed by atoms with van der Waals surface area (Å²) in [5.41, 5.74) is 2.56. The van der Waals surface area contributed by atoms with Crippen LogP contribution in [0.4, 0.5) is 5.69 Å². The molecule has 0 bridgehead atoms. The number of halogens is 1. The van der Waals surface area contributed by atoms with Crippen LogP contribution in [-0.2, 0) is 14.3 Å². The molecular formula is C22H25ClN2O4. The average Bonchev–Trinajstić information content (AvgIpc) is 2.67. The summed E-state index contributed by atoms with van der Waals surface area (Å²) in [5.74, 6) is -1.73. The van der Waals surface area contributed by atoms with Crippen LogP contribution in [0.5, 0.6) is 0 Å². The molecule has 2 aromatic carbocycles. The first-order chi connectivity index (χ1) is 13.7. The Morgan fingerprint density at radius 3 is 2.38 bits per heavy atom. The lowest BCUT2D eigenvalue weighted by molar-refractivity contribution is -0.150. The van der Waals surface area contributed by atoms with Crippen molar-refractivity contribution in [2.45, 2.75) is 33.7 Å². The molecule has 2 N–H and O–H groups in total. The van der Waals surface area contributed by atoms with Crippen LogP contribution < -0.4 is 10.6 Å². The van der Waals surface area contributed by atoms with E-state index in [0.717, 1.165) is 11.1 Å². The van der Waals surface area contributed by atoms with Crippen molar-refractivity contribution in [1.82, 2.24) is 5.32 Å². The SMILES string of the molecule is Cc1ccccc1C(=O)N[C@H](C(=O)OCC(=O)Nc1cccc(Cl)c1C)C(C)C. The zero-order valence-electron chi connectivity index (χ0n) is 16.9. The molecule has 29 heavy (non-hydrogen) atoms. The van der Waals surface area contributed by atoms with Crippen LogP contribution >= 0.6 is 11.6 Å². The minimum Gasteiger partial charge on any atom is -0.454 e. The highest BCUT2D eigenvalue weighted by Crippen LogP contribution is 2.22. The monoisotopic (exact) mass is 416 g/mol. The number of hydrogen-bond acceptors (Lipinski definition) is 4. The van der Waals surface area contributed by atoms with Crippen molar-refractivity contribution in [3.8, 4) is 0 Å². The third kappa shape index (κ3) is 6.06. The molecule has 0 unspecified atom stereocenters. The van der Waals surface area contributed by atoms with Crippen LogP contribution in [0.25, 0.3) is 0 Å². The van der Waals surface area contributed by atoms with E-state index in [0.29, 0.717) is 16.3 Å². The van der Waals surface area contributed by atoms with Crippen molar-refractivity contribution in [3.05, 3.63) is 64.2 Å². The Labute approximate surface area is 175 Å². The Bertz CT molecular complexity index is 911. The number of carbonyl (C=O) groups excluding carboxylic acids is 3. The van der Waals surface area contributed by atoms with Crippen molar-refractivity contribution in [2.24, 2.45) is 5.92 Å². The number of aryl methyl sites for hydroxylation is 1. The Morgan fingerprint density at radius 1 is 1.03 bits per heavy atom. The van der Waals surface area contributed by atoms with Crippen molar-refractivity contribution in [2.75, 3.05) is 11.9 Å². The molecule has 2 aromatic rings. The molecule has 0 heterocycles. The fourth-order valence-corrected chi connectivity index (χ4v) is 2.87. The first-order valence-electron chi connectivity index (χ1n) is 9.28. The molecule has 0 aliphatic carbocycles. The van der Waals surface area contributed by atoms with Gasteiger partial charge in [-0.3, -0.25) is 9.59 Å².